The molecule has 0 bridgehead atoms. The zero-order chi connectivity index (χ0) is 58.4. The summed E-state index contributed by atoms with van der Waals surface area (Å²) in [5.74, 6) is 0. The van der Waals surface area contributed by atoms with Crippen LogP contribution in [0.4, 0.5) is 17.1 Å². The maximum Gasteiger partial charge on any atom is 0.143 e. The molecule has 2 heterocycles. The van der Waals surface area contributed by atoms with Gasteiger partial charge in [0, 0.05) is 49.4 Å². The highest BCUT2D eigenvalue weighted by Gasteiger charge is 2.19. The van der Waals surface area contributed by atoms with Crippen LogP contribution in [0, 0.1) is 0 Å². The molecule has 0 fully saturated rings. The van der Waals surface area contributed by atoms with Gasteiger partial charge >= 0.3 is 0 Å². The van der Waals surface area contributed by atoms with Gasteiger partial charge in [0.1, 0.15) is 11.2 Å². The van der Waals surface area contributed by atoms with E-state index in [0.29, 0.717) is 9.47 Å². The minimum atomic E-state index is -1.29. The second-order valence-corrected chi connectivity index (χ2v) is 10.3. The summed E-state index contributed by atoms with van der Waals surface area (Å²) >= 11 is 0. The third-order valence-electron chi connectivity index (χ3n) is 7.62. The minimum Gasteiger partial charge on any atom is -0.455 e. The predicted molar refractivity (Wildman–Crippen MR) is 206 cm³/mol. The first-order valence-corrected chi connectivity index (χ1v) is 14.2. The van der Waals surface area contributed by atoms with Crippen LogP contribution in [0.1, 0.15) is 41.1 Å². The summed E-state index contributed by atoms with van der Waals surface area (Å²) in [5, 5.41) is -3.53. The number of rotatable bonds is 5. The summed E-state index contributed by atoms with van der Waals surface area (Å²) < 4.78 is 276. The van der Waals surface area contributed by atoms with Gasteiger partial charge in [0.2, 0.25) is 0 Å². The minimum absolute atomic E-state index is 0.380. The van der Waals surface area contributed by atoms with Gasteiger partial charge in [-0.3, -0.25) is 0 Å². The first kappa shape index (κ1) is 11.0. The molecule has 230 valence electrons. The van der Waals surface area contributed by atoms with Gasteiger partial charge in [-0.2, -0.15) is 0 Å². The molecule has 0 saturated carbocycles. The number of aromatic nitrogens is 1. The highest BCUT2D eigenvalue weighted by Crippen LogP contribution is 2.43. The van der Waals surface area contributed by atoms with Crippen molar-refractivity contribution >= 4 is 71.6 Å². The fraction of sp³-hybridized carbons (Fsp3) is 0. The van der Waals surface area contributed by atoms with Gasteiger partial charge in [-0.1, -0.05) is 115 Å². The molecule has 0 N–H and O–H groups in total. The fourth-order valence-electron chi connectivity index (χ4n) is 5.52. The zero-order valence-electron chi connectivity index (χ0n) is 54.3. The Hall–Kier alpha value is -6.58. The maximum absolute atomic E-state index is 9.78. The molecule has 10 aromatic rings. The first-order chi connectivity index (χ1) is 36.8. The van der Waals surface area contributed by atoms with E-state index in [2.05, 4.69) is 0 Å². The van der Waals surface area contributed by atoms with Crippen molar-refractivity contribution in [1.82, 2.24) is 4.57 Å². The number of hydrogen-bond acceptors (Lipinski definition) is 2. The molecule has 8 aromatic carbocycles. The van der Waals surface area contributed by atoms with E-state index in [1.165, 1.54) is 0 Å². The van der Waals surface area contributed by atoms with Crippen LogP contribution in [-0.4, -0.2) is 4.57 Å². The van der Waals surface area contributed by atoms with E-state index in [9.17, 15) is 17.8 Å². The van der Waals surface area contributed by atoms with Gasteiger partial charge in [0.05, 0.1) is 57.8 Å². The van der Waals surface area contributed by atoms with Crippen LogP contribution in [-0.2, 0) is 0 Å². The van der Waals surface area contributed by atoms with Crippen molar-refractivity contribution < 1.29 is 45.5 Å². The van der Waals surface area contributed by atoms with E-state index < -0.39 is 270 Å². The molecule has 0 amide bonds. The molecule has 3 nitrogen and oxygen atoms in total. The lowest BCUT2D eigenvalue weighted by Gasteiger charge is -2.27. The molecule has 0 saturated heterocycles. The smallest absolute Gasteiger partial charge is 0.143 e. The first-order valence-electron chi connectivity index (χ1n) is 29.2. The van der Waals surface area contributed by atoms with Gasteiger partial charge in [-0.15, -0.1) is 0 Å². The predicted octanol–water partition coefficient (Wildman–Crippen LogP) is 13.0. The van der Waals surface area contributed by atoms with Gasteiger partial charge < -0.3 is 13.9 Å². The van der Waals surface area contributed by atoms with Crippen molar-refractivity contribution in [2.75, 3.05) is 4.90 Å². The highest BCUT2D eigenvalue weighted by molar-refractivity contribution is 6.17. The number of benzene rings is 8. The van der Waals surface area contributed by atoms with E-state index in [0.717, 1.165) is 0 Å². The normalized spacial score (nSPS) is 20.2. The van der Waals surface area contributed by atoms with E-state index in [-0.39, 0.29) is 0 Å². The van der Waals surface area contributed by atoms with Crippen LogP contribution >= 0.6 is 0 Å². The standard InChI is InChI=1S/C46H30N2O/c1-2-11-31(12-3-1)32-21-23-33(24-22-32)47(42-19-10-16-40-38(42)29-30-41-39-15-6-9-20-45(39)49-46(40)41)34-25-27-35(28-26-34)48-43-17-7-4-13-36(43)37-14-5-8-18-44(37)48/h1-30H/i1D,2D,3D,4D,5D,6D,7D,8D,9D,10D,11D,12D,13D,14D,15D,16D,17D,18D,19D,20D,21D,22D,23D,24D,25D,26D,27D,28D,29D,30D. The Kier molecular flexibility index (Phi) is 2.47. The highest BCUT2D eigenvalue weighted by atomic mass is 16.3. The molecule has 2 aromatic heterocycles. The quantitative estimate of drug-likeness (QED) is 0.184. The molecule has 49 heavy (non-hydrogen) atoms. The van der Waals surface area contributed by atoms with Gasteiger partial charge in [-0.05, 0) is 77.6 Å². The van der Waals surface area contributed by atoms with Gasteiger partial charge in [-0.25, -0.2) is 0 Å². The molecule has 0 radical (unpaired) electrons. The summed E-state index contributed by atoms with van der Waals surface area (Å²) in [6.07, 6.45) is 0. The van der Waals surface area contributed by atoms with E-state index >= 15 is 0 Å². The van der Waals surface area contributed by atoms with Gasteiger partial charge in [0.15, 0.2) is 0 Å². The van der Waals surface area contributed by atoms with Crippen LogP contribution in [0.5, 0.6) is 0 Å². The van der Waals surface area contributed by atoms with E-state index in [1.54, 1.807) is 0 Å². The van der Waals surface area contributed by atoms with Crippen molar-refractivity contribution in [3.63, 3.8) is 0 Å². The Labute approximate surface area is 325 Å². The van der Waals surface area contributed by atoms with Crippen molar-refractivity contribution in [1.29, 1.82) is 0 Å². The topological polar surface area (TPSA) is 21.3 Å². The summed E-state index contributed by atoms with van der Waals surface area (Å²) in [6.45, 7) is 0. The molecule has 3 heteroatoms. The molecule has 0 unspecified atom stereocenters. The van der Waals surface area contributed by atoms with Crippen LogP contribution in [0.2, 0.25) is 0 Å². The summed E-state index contributed by atoms with van der Waals surface area (Å²) in [4.78, 5) is 0.380. The van der Waals surface area contributed by atoms with Gasteiger partial charge in [0.25, 0.3) is 0 Å². The average molecular weight is 657 g/mol. The molecule has 0 spiro atoms. The van der Waals surface area contributed by atoms with E-state index in [4.69, 9.17) is 27.7 Å². The largest absolute Gasteiger partial charge is 0.455 e. The summed E-state index contributed by atoms with van der Waals surface area (Å²) in [7, 11) is 0. The SMILES string of the molecule is [2H]c1c([2H])c([2H])c(-c2c([2H])c([2H])c(N(c3c([2H])c([2H])c(-n4c5c([2H])c([2H])c([2H])c([2H])c5c5c([2H])c([2H])c([2H])c([2H])c54)c([2H])c3[2H])c3c([2H])c([2H])c([2H])c4c3c([2H])c([2H])c3c4oc4c([2H])c([2H])c([2H])c([2H])c43)c([2H])c2[2H])c([2H])c1[2H]. The fourth-order valence-corrected chi connectivity index (χ4v) is 5.52. The molecule has 10 rings (SSSR count). The summed E-state index contributed by atoms with van der Waals surface area (Å²) in [6, 6.07) is -30.0. The number of anilines is 3. The second-order valence-electron chi connectivity index (χ2n) is 10.3. The maximum atomic E-state index is 9.78. The van der Waals surface area contributed by atoms with Crippen LogP contribution < -0.4 is 4.90 Å². The third kappa shape index (κ3) is 4.37. The van der Waals surface area contributed by atoms with Crippen molar-refractivity contribution in [3.05, 3.63) is 181 Å². The molecule has 0 aliphatic carbocycles. The Bertz CT molecular complexity index is 4400. The van der Waals surface area contributed by atoms with Crippen LogP contribution in [0.3, 0.4) is 0 Å². The Morgan fingerprint density at radius 3 is 1.65 bits per heavy atom. The molecule has 0 atom stereocenters. The number of fused-ring (bicyclic) bond motifs is 8. The third-order valence-corrected chi connectivity index (χ3v) is 7.62. The monoisotopic (exact) mass is 656 g/mol. The Morgan fingerprint density at radius 2 is 0.939 bits per heavy atom. The number of nitrogens with zero attached hydrogens (tertiary/aromatic N) is 2. The van der Waals surface area contributed by atoms with Crippen molar-refractivity contribution in [3.8, 4) is 16.8 Å². The Morgan fingerprint density at radius 1 is 0.408 bits per heavy atom. The lowest BCUT2D eigenvalue weighted by Crippen LogP contribution is -2.10. The second kappa shape index (κ2) is 11.0. The lowest BCUT2D eigenvalue weighted by molar-refractivity contribution is 0.672. The molecule has 0 aliphatic rings. The molecular formula is C46H30N2O. The summed E-state index contributed by atoms with van der Waals surface area (Å²) in [5.41, 5.74) is -8.56. The number of para-hydroxylation sites is 3. The molecular weight excluding hydrogens is 597 g/mol. The van der Waals surface area contributed by atoms with Crippen molar-refractivity contribution in [2.45, 2.75) is 0 Å². The average Bonchev–Trinajstić information content (AvgIpc) is 3.67. The molecule has 0 aliphatic heterocycles. The number of furan rings is 1. The lowest BCUT2D eigenvalue weighted by atomic mass is 10.0. The van der Waals surface area contributed by atoms with E-state index in [1.807, 2.05) is 0 Å². The Balaban J connectivity index is 1.44. The van der Waals surface area contributed by atoms with Crippen LogP contribution in [0.15, 0.2) is 186 Å². The van der Waals surface area contributed by atoms with Crippen LogP contribution in [0.25, 0.3) is 71.3 Å². The zero-order valence-corrected chi connectivity index (χ0v) is 24.3. The number of hydrogen-bond donors (Lipinski definition) is 0. The van der Waals surface area contributed by atoms with Crippen molar-refractivity contribution in [2.24, 2.45) is 0 Å².